The molecule has 0 aromatic heterocycles. The minimum Gasteiger partial charge on any atom is -0.481 e. The Kier molecular flexibility index (Phi) is 8.17. The molecule has 120 valence electrons. The first-order valence-corrected chi connectivity index (χ1v) is 7.41. The van der Waals surface area contributed by atoms with Crippen molar-refractivity contribution in [3.05, 3.63) is 12.2 Å². The van der Waals surface area contributed by atoms with Gasteiger partial charge in [0, 0.05) is 4.86 Å². The second-order valence-corrected chi connectivity index (χ2v) is 6.33. The van der Waals surface area contributed by atoms with Crippen molar-refractivity contribution in [1.82, 2.24) is 5.32 Å². The fourth-order valence-corrected chi connectivity index (χ4v) is 1.84. The molecule has 0 aliphatic carbocycles. The maximum absolute atomic E-state index is 11.5. The van der Waals surface area contributed by atoms with E-state index in [1.165, 1.54) is 0 Å². The third kappa shape index (κ3) is 8.45. The summed E-state index contributed by atoms with van der Waals surface area (Å²) in [6.45, 7) is 11.1. The molecule has 0 aliphatic heterocycles. The van der Waals surface area contributed by atoms with E-state index >= 15 is 0 Å². The van der Waals surface area contributed by atoms with E-state index in [1.807, 2.05) is 6.92 Å². The molecule has 5 nitrogen and oxygen atoms in total. The quantitative estimate of drug-likeness (QED) is 0.531. The van der Waals surface area contributed by atoms with Crippen molar-refractivity contribution in [1.29, 1.82) is 0 Å². The van der Waals surface area contributed by atoms with Crippen LogP contribution >= 0.6 is 12.2 Å². The third-order valence-corrected chi connectivity index (χ3v) is 3.12. The predicted molar refractivity (Wildman–Crippen MR) is 86.6 cm³/mol. The van der Waals surface area contributed by atoms with E-state index in [9.17, 15) is 14.7 Å². The number of nitrogens with one attached hydrogen (secondary N) is 1. The van der Waals surface area contributed by atoms with Crippen LogP contribution in [0.25, 0.3) is 0 Å². The Morgan fingerprint density at radius 2 is 1.95 bits per heavy atom. The summed E-state index contributed by atoms with van der Waals surface area (Å²) < 4.78 is 5.09. The molecule has 2 N–H and O–H groups in total. The van der Waals surface area contributed by atoms with Crippen molar-refractivity contribution in [2.75, 3.05) is 6.54 Å². The van der Waals surface area contributed by atoms with Crippen LogP contribution < -0.4 is 5.32 Å². The Hall–Kier alpha value is -1.43. The molecule has 0 aliphatic rings. The highest BCUT2D eigenvalue weighted by molar-refractivity contribution is 7.81. The van der Waals surface area contributed by atoms with Gasteiger partial charge in [0.25, 0.3) is 0 Å². The molecule has 21 heavy (non-hydrogen) atoms. The molecule has 1 atom stereocenters. The monoisotopic (exact) mass is 315 g/mol. The first kappa shape index (κ1) is 19.6. The summed E-state index contributed by atoms with van der Waals surface area (Å²) in [5.74, 6) is -1.63. The van der Waals surface area contributed by atoms with Crippen LogP contribution in [0, 0.1) is 5.92 Å². The van der Waals surface area contributed by atoms with E-state index in [-0.39, 0.29) is 6.54 Å². The van der Waals surface area contributed by atoms with Gasteiger partial charge >= 0.3 is 12.1 Å². The van der Waals surface area contributed by atoms with Crippen LogP contribution in [0.1, 0.15) is 47.0 Å². The number of carbonyl (C=O) groups is 2. The van der Waals surface area contributed by atoms with Gasteiger partial charge in [-0.3, -0.25) is 4.79 Å². The number of aliphatic carboxylic acids is 1. The fraction of sp³-hybridized carbons (Fsp3) is 0.667. The number of hydrogen-bond donors (Lipinski definition) is 2. The number of ether oxygens (including phenoxy) is 1. The van der Waals surface area contributed by atoms with Gasteiger partial charge in [0.15, 0.2) is 0 Å². The molecule has 0 radical (unpaired) electrons. The van der Waals surface area contributed by atoms with Crippen molar-refractivity contribution in [3.8, 4) is 0 Å². The first-order valence-electron chi connectivity index (χ1n) is 7.00. The molecule has 0 aromatic carbocycles. The molecule has 1 amide bonds. The number of unbranched alkanes of at least 4 members (excludes halogenated alkanes) is 1. The Morgan fingerprint density at radius 3 is 2.38 bits per heavy atom. The average molecular weight is 315 g/mol. The first-order chi connectivity index (χ1) is 9.58. The van der Waals surface area contributed by atoms with Crippen molar-refractivity contribution in [3.63, 3.8) is 0 Å². The molecule has 0 unspecified atom stereocenters. The van der Waals surface area contributed by atoms with Crippen LogP contribution in [-0.4, -0.2) is 34.2 Å². The highest BCUT2D eigenvalue weighted by atomic mass is 32.1. The summed E-state index contributed by atoms with van der Waals surface area (Å²) in [7, 11) is 0. The predicted octanol–water partition coefficient (Wildman–Crippen LogP) is 3.33. The zero-order chi connectivity index (χ0) is 16.6. The van der Waals surface area contributed by atoms with Gasteiger partial charge in [0.1, 0.15) is 5.60 Å². The zero-order valence-corrected chi connectivity index (χ0v) is 14.0. The Morgan fingerprint density at radius 1 is 1.38 bits per heavy atom. The molecule has 0 rings (SSSR count). The normalized spacial score (nSPS) is 12.4. The average Bonchev–Trinajstić information content (AvgIpc) is 2.33. The molecule has 0 bridgehead atoms. The van der Waals surface area contributed by atoms with Crippen LogP contribution in [0.5, 0.6) is 0 Å². The van der Waals surface area contributed by atoms with E-state index in [1.54, 1.807) is 20.8 Å². The minimum atomic E-state index is -0.937. The Labute approximate surface area is 131 Å². The number of carboxylic acids is 1. The van der Waals surface area contributed by atoms with E-state index in [0.717, 1.165) is 12.8 Å². The topological polar surface area (TPSA) is 75.6 Å². The number of carboxylic acid groups (broad SMARTS) is 1. The Bertz CT molecular complexity index is 412. The lowest BCUT2D eigenvalue weighted by molar-refractivity contribution is -0.140. The molecule has 0 aromatic rings. The zero-order valence-electron chi connectivity index (χ0n) is 13.2. The number of hydrogen-bond acceptors (Lipinski definition) is 4. The van der Waals surface area contributed by atoms with Gasteiger partial charge in [-0.1, -0.05) is 38.6 Å². The SMILES string of the molecule is C=C(C(=S)CNC(=O)OC(C)(C)C)[C@H](CCCC)C(=O)O. The smallest absolute Gasteiger partial charge is 0.407 e. The van der Waals surface area contributed by atoms with E-state index in [2.05, 4.69) is 11.9 Å². The summed E-state index contributed by atoms with van der Waals surface area (Å²) >= 11 is 5.15. The summed E-state index contributed by atoms with van der Waals surface area (Å²) in [5.41, 5.74) is -0.213. The van der Waals surface area contributed by atoms with E-state index < -0.39 is 23.6 Å². The van der Waals surface area contributed by atoms with E-state index in [0.29, 0.717) is 16.9 Å². The van der Waals surface area contributed by atoms with Crippen molar-refractivity contribution >= 4 is 29.1 Å². The van der Waals surface area contributed by atoms with Gasteiger partial charge in [-0.25, -0.2) is 4.79 Å². The number of rotatable bonds is 8. The van der Waals surface area contributed by atoms with Crippen LogP contribution in [0.3, 0.4) is 0 Å². The molecular formula is C15H25NO4S. The lowest BCUT2D eigenvalue weighted by atomic mass is 9.92. The van der Waals surface area contributed by atoms with Gasteiger partial charge < -0.3 is 15.2 Å². The van der Waals surface area contributed by atoms with Gasteiger partial charge in [0.2, 0.25) is 0 Å². The van der Waals surface area contributed by atoms with E-state index in [4.69, 9.17) is 17.0 Å². The van der Waals surface area contributed by atoms with Crippen molar-refractivity contribution in [2.24, 2.45) is 5.92 Å². The van der Waals surface area contributed by atoms with Crippen LogP contribution in [0.2, 0.25) is 0 Å². The van der Waals surface area contributed by atoms with Gasteiger partial charge in [-0.15, -0.1) is 0 Å². The number of alkyl carbamates (subject to hydrolysis) is 1. The summed E-state index contributed by atoms with van der Waals surface area (Å²) in [4.78, 5) is 23.1. The standard InChI is InChI=1S/C15H25NO4S/c1-6-7-8-11(13(17)18)10(2)12(21)9-16-14(19)20-15(3,4)5/h11H,2,6-9H2,1,3-5H3,(H,16,19)(H,17,18)/t11-/m0/s1. The third-order valence-electron chi connectivity index (χ3n) is 2.72. The van der Waals surface area contributed by atoms with Crippen LogP contribution in [-0.2, 0) is 9.53 Å². The van der Waals surface area contributed by atoms with Gasteiger partial charge in [0.05, 0.1) is 12.5 Å². The maximum atomic E-state index is 11.5. The molecule has 0 saturated heterocycles. The lowest BCUT2D eigenvalue weighted by Gasteiger charge is -2.20. The molecular weight excluding hydrogens is 290 g/mol. The number of carbonyl (C=O) groups excluding carboxylic acids is 1. The van der Waals surface area contributed by atoms with Gasteiger partial charge in [-0.05, 0) is 32.8 Å². The Balaban J connectivity index is 4.46. The van der Waals surface area contributed by atoms with Crippen molar-refractivity contribution < 1.29 is 19.4 Å². The molecule has 0 saturated carbocycles. The number of amides is 1. The van der Waals surface area contributed by atoms with Crippen molar-refractivity contribution in [2.45, 2.75) is 52.6 Å². The summed E-state index contributed by atoms with van der Waals surface area (Å²) in [6, 6.07) is 0. The van der Waals surface area contributed by atoms with Crippen LogP contribution in [0.15, 0.2) is 12.2 Å². The van der Waals surface area contributed by atoms with Gasteiger partial charge in [-0.2, -0.15) is 0 Å². The summed E-state index contributed by atoms with van der Waals surface area (Å²) in [6.07, 6.45) is 1.60. The second-order valence-electron chi connectivity index (χ2n) is 5.84. The lowest BCUT2D eigenvalue weighted by Crippen LogP contribution is -2.36. The fourth-order valence-electron chi connectivity index (χ4n) is 1.63. The molecule has 0 spiro atoms. The highest BCUT2D eigenvalue weighted by Crippen LogP contribution is 2.19. The maximum Gasteiger partial charge on any atom is 0.407 e. The largest absolute Gasteiger partial charge is 0.481 e. The minimum absolute atomic E-state index is 0.0545. The molecule has 0 fully saturated rings. The molecule has 6 heteroatoms. The second kappa shape index (κ2) is 8.77. The summed E-state index contributed by atoms with van der Waals surface area (Å²) in [5, 5.41) is 11.7. The highest BCUT2D eigenvalue weighted by Gasteiger charge is 2.23. The van der Waals surface area contributed by atoms with Crippen LogP contribution in [0.4, 0.5) is 4.79 Å². The molecule has 0 heterocycles. The number of thiocarbonyl (C=S) groups is 1.